The van der Waals surface area contributed by atoms with Crippen LogP contribution in [0.4, 0.5) is 13.2 Å². The normalized spacial score (nSPS) is 21.4. The Morgan fingerprint density at radius 2 is 1.76 bits per heavy atom. The van der Waals surface area contributed by atoms with Gasteiger partial charge in [0, 0.05) is 29.7 Å². The lowest BCUT2D eigenvalue weighted by Crippen LogP contribution is -2.43. The number of nitrogens with zero attached hydrogens (tertiary/aromatic N) is 3. The number of aromatic nitrogens is 2. The van der Waals surface area contributed by atoms with Crippen LogP contribution in [-0.4, -0.2) is 64.9 Å². The zero-order chi connectivity index (χ0) is 39.1. The SMILES string of the molecule is Cc1cccc2c1oc1c(O[C@@H]3C[C@@H](C(N)=O)N(C(=O)CCCCCC/C=C\[C@@H]4C[C@@H]4C(=O)NS(=O)(=O)C4CC4)C3)nc(-c3ccc(C(F)(F)F)cc3)nc12. The van der Waals surface area contributed by atoms with Gasteiger partial charge in [-0.2, -0.15) is 18.2 Å². The first-order chi connectivity index (χ1) is 26.2. The lowest BCUT2D eigenvalue weighted by molar-refractivity contribution is -0.137. The van der Waals surface area contributed by atoms with E-state index >= 15 is 0 Å². The van der Waals surface area contributed by atoms with Crippen molar-refractivity contribution >= 4 is 49.8 Å². The number of rotatable bonds is 15. The Labute approximate surface area is 315 Å². The largest absolute Gasteiger partial charge is 0.470 e. The Morgan fingerprint density at radius 3 is 2.47 bits per heavy atom. The molecule has 16 heteroatoms. The summed E-state index contributed by atoms with van der Waals surface area (Å²) in [6.45, 7) is 1.94. The monoisotopic (exact) mass is 781 g/mol. The second-order valence-corrected chi connectivity index (χ2v) is 16.7. The summed E-state index contributed by atoms with van der Waals surface area (Å²) in [5.74, 6) is -1.39. The minimum atomic E-state index is -4.51. The van der Waals surface area contributed by atoms with Gasteiger partial charge < -0.3 is 19.8 Å². The number of nitrogens with one attached hydrogen (secondary N) is 1. The van der Waals surface area contributed by atoms with Gasteiger partial charge in [-0.3, -0.25) is 19.1 Å². The van der Waals surface area contributed by atoms with E-state index in [2.05, 4.69) is 14.7 Å². The molecule has 0 bridgehead atoms. The minimum absolute atomic E-state index is 0.0362. The van der Waals surface area contributed by atoms with Crippen LogP contribution in [0, 0.1) is 18.8 Å². The first-order valence-corrected chi connectivity index (χ1v) is 20.1. The van der Waals surface area contributed by atoms with E-state index in [0.29, 0.717) is 47.7 Å². The summed E-state index contributed by atoms with van der Waals surface area (Å²) < 4.78 is 78.5. The number of carbonyl (C=O) groups excluding carboxylic acids is 3. The summed E-state index contributed by atoms with van der Waals surface area (Å²) in [7, 11) is -3.53. The molecule has 1 aliphatic heterocycles. The van der Waals surface area contributed by atoms with E-state index in [9.17, 15) is 36.0 Å². The molecule has 0 spiro atoms. The van der Waals surface area contributed by atoms with Crippen molar-refractivity contribution in [3.05, 3.63) is 65.7 Å². The third kappa shape index (κ3) is 8.63. The number of carbonyl (C=O) groups is 3. The molecule has 2 aromatic heterocycles. The Morgan fingerprint density at radius 1 is 1.02 bits per heavy atom. The van der Waals surface area contributed by atoms with Crippen molar-refractivity contribution in [2.45, 2.75) is 94.7 Å². The van der Waals surface area contributed by atoms with Gasteiger partial charge in [0.05, 0.1) is 17.4 Å². The van der Waals surface area contributed by atoms with E-state index in [0.717, 1.165) is 43.4 Å². The number of amides is 3. The van der Waals surface area contributed by atoms with E-state index in [1.54, 1.807) is 0 Å². The maximum absolute atomic E-state index is 13.3. The van der Waals surface area contributed by atoms with Gasteiger partial charge in [0.1, 0.15) is 23.2 Å². The molecular formula is C39H42F3N5O7S. The summed E-state index contributed by atoms with van der Waals surface area (Å²) in [5.41, 5.74) is 7.28. The molecule has 3 amide bonds. The summed E-state index contributed by atoms with van der Waals surface area (Å²) in [6, 6.07) is 9.12. The molecule has 12 nitrogen and oxygen atoms in total. The van der Waals surface area contributed by atoms with Crippen LogP contribution >= 0.6 is 0 Å². The number of likely N-dealkylation sites (tertiary alicyclic amines) is 1. The van der Waals surface area contributed by atoms with E-state index in [-0.39, 0.29) is 54.4 Å². The van der Waals surface area contributed by atoms with Crippen LogP contribution in [0.1, 0.15) is 75.3 Å². The molecule has 1 saturated heterocycles. The highest BCUT2D eigenvalue weighted by Crippen LogP contribution is 2.41. The molecule has 3 N–H and O–H groups in total. The fraction of sp³-hybridized carbons (Fsp3) is 0.462. The zero-order valence-corrected chi connectivity index (χ0v) is 31.0. The second-order valence-electron chi connectivity index (χ2n) is 14.7. The van der Waals surface area contributed by atoms with Crippen LogP contribution in [0.15, 0.2) is 59.0 Å². The number of ether oxygens (including phenoxy) is 1. The number of furan rings is 1. The molecule has 2 aromatic carbocycles. The van der Waals surface area contributed by atoms with Gasteiger partial charge in [-0.1, -0.05) is 49.3 Å². The van der Waals surface area contributed by atoms with Gasteiger partial charge in [0.15, 0.2) is 5.82 Å². The number of hydrogen-bond donors (Lipinski definition) is 2. The van der Waals surface area contributed by atoms with Crippen molar-refractivity contribution in [2.24, 2.45) is 17.6 Å². The molecule has 0 radical (unpaired) electrons. The smallest absolute Gasteiger partial charge is 0.416 e. The number of primary amides is 1. The number of unbranched alkanes of at least 4 members (excludes halogenated alkanes) is 4. The van der Waals surface area contributed by atoms with Gasteiger partial charge in [-0.15, -0.1) is 0 Å². The quantitative estimate of drug-likeness (QED) is 0.103. The average Bonchev–Trinajstić information content (AvgIpc) is 4.06. The van der Waals surface area contributed by atoms with Crippen molar-refractivity contribution in [3.63, 3.8) is 0 Å². The highest BCUT2D eigenvalue weighted by Gasteiger charge is 2.45. The summed E-state index contributed by atoms with van der Waals surface area (Å²) >= 11 is 0. The first kappa shape index (κ1) is 38.3. The molecule has 7 rings (SSSR count). The van der Waals surface area contributed by atoms with Crippen LogP contribution in [-0.2, 0) is 30.6 Å². The molecule has 2 aliphatic carbocycles. The van der Waals surface area contributed by atoms with E-state index in [1.807, 2.05) is 37.3 Å². The Kier molecular flexibility index (Phi) is 10.6. The number of hydrogen-bond acceptors (Lipinski definition) is 9. The number of nitrogens with two attached hydrogens (primary N) is 1. The number of fused-ring (bicyclic) bond motifs is 3. The number of allylic oxidation sites excluding steroid dienone is 2. The summed E-state index contributed by atoms with van der Waals surface area (Å²) in [5, 5.41) is 0.243. The van der Waals surface area contributed by atoms with Gasteiger partial charge >= 0.3 is 6.18 Å². The third-order valence-corrected chi connectivity index (χ3v) is 12.3. The Bertz CT molecular complexity index is 2250. The molecule has 2 saturated carbocycles. The van der Waals surface area contributed by atoms with Crippen molar-refractivity contribution in [1.82, 2.24) is 19.6 Å². The number of alkyl halides is 3. The topological polar surface area (TPSA) is 175 Å². The maximum Gasteiger partial charge on any atom is 0.416 e. The standard InChI is InChI=1S/C39H42F3N5O7S/c1-22-9-8-11-28-32-34(54-33(22)28)38(45-36(44-32)23-13-15-25(16-14-23)39(40,41)42)53-26-20-30(35(43)49)47(21-26)31(48)12-7-5-3-2-4-6-10-24-19-29(24)37(50)46-55(51,52)27-17-18-27/h6,8-11,13-16,24,26-27,29-30H,2-5,7,12,17-21H2,1H3,(H2,43,49)(H,46,50)/b10-6-/t24-,26-,29+,30+/m1/s1. The fourth-order valence-electron chi connectivity index (χ4n) is 7.10. The van der Waals surface area contributed by atoms with Crippen LogP contribution in [0.25, 0.3) is 33.5 Å². The van der Waals surface area contributed by atoms with E-state index in [4.69, 9.17) is 14.9 Å². The van der Waals surface area contributed by atoms with Gasteiger partial charge in [0.2, 0.25) is 33.3 Å². The fourth-order valence-corrected chi connectivity index (χ4v) is 8.45. The molecule has 3 heterocycles. The number of halogens is 3. The second kappa shape index (κ2) is 15.3. The Balaban J connectivity index is 0.940. The predicted molar refractivity (Wildman–Crippen MR) is 197 cm³/mol. The van der Waals surface area contributed by atoms with Crippen LogP contribution < -0.4 is 15.2 Å². The van der Waals surface area contributed by atoms with Crippen molar-refractivity contribution in [3.8, 4) is 17.3 Å². The molecule has 55 heavy (non-hydrogen) atoms. The first-order valence-electron chi connectivity index (χ1n) is 18.5. The van der Waals surface area contributed by atoms with Crippen LogP contribution in [0.5, 0.6) is 5.88 Å². The van der Waals surface area contributed by atoms with Crippen molar-refractivity contribution < 1.29 is 45.1 Å². The molecule has 0 unspecified atom stereocenters. The lowest BCUT2D eigenvalue weighted by Gasteiger charge is -2.21. The Hall–Kier alpha value is -4.99. The minimum Gasteiger partial charge on any atom is -0.470 e. The molecule has 3 fully saturated rings. The van der Waals surface area contributed by atoms with Crippen molar-refractivity contribution in [1.29, 1.82) is 0 Å². The molecule has 3 aliphatic rings. The maximum atomic E-state index is 13.3. The van der Waals surface area contributed by atoms with Gasteiger partial charge in [-0.25, -0.2) is 13.4 Å². The van der Waals surface area contributed by atoms with Crippen LogP contribution in [0.2, 0.25) is 0 Å². The van der Waals surface area contributed by atoms with E-state index in [1.165, 1.54) is 17.0 Å². The third-order valence-electron chi connectivity index (χ3n) is 10.4. The summed E-state index contributed by atoms with van der Waals surface area (Å²) in [6.07, 6.45) is 4.96. The number of benzene rings is 2. The molecule has 4 atom stereocenters. The van der Waals surface area contributed by atoms with Crippen LogP contribution in [0.3, 0.4) is 0 Å². The summed E-state index contributed by atoms with van der Waals surface area (Å²) in [4.78, 5) is 48.7. The number of aryl methyl sites for hydroxylation is 1. The van der Waals surface area contributed by atoms with Gasteiger partial charge in [0.25, 0.3) is 5.88 Å². The zero-order valence-electron chi connectivity index (χ0n) is 30.2. The molecule has 4 aromatic rings. The number of sulfonamides is 1. The number of para-hydroxylation sites is 1. The van der Waals surface area contributed by atoms with Gasteiger partial charge in [-0.05, 0) is 75.1 Å². The average molecular weight is 782 g/mol. The van der Waals surface area contributed by atoms with E-state index < -0.39 is 51.0 Å². The molecule has 292 valence electrons. The highest BCUT2D eigenvalue weighted by atomic mass is 32.2. The lowest BCUT2D eigenvalue weighted by atomic mass is 10.1. The highest BCUT2D eigenvalue weighted by molar-refractivity contribution is 7.90. The molecular weight excluding hydrogens is 740 g/mol. The predicted octanol–water partition coefficient (Wildman–Crippen LogP) is 6.35. The van der Waals surface area contributed by atoms with Crippen molar-refractivity contribution in [2.75, 3.05) is 6.54 Å².